The lowest BCUT2D eigenvalue weighted by Gasteiger charge is -2.11. The van der Waals surface area contributed by atoms with E-state index in [-0.39, 0.29) is 18.0 Å². The van der Waals surface area contributed by atoms with E-state index in [2.05, 4.69) is 20.9 Å². The Labute approximate surface area is 145 Å². The van der Waals surface area contributed by atoms with Gasteiger partial charge in [-0.25, -0.2) is 9.78 Å². The molecule has 0 saturated heterocycles. The largest absolute Gasteiger partial charge is 0.336 e. The molecule has 0 saturated carbocycles. The number of hydrogen-bond donors (Lipinski definition) is 3. The maximum absolute atomic E-state index is 12.0. The van der Waals surface area contributed by atoms with E-state index in [1.807, 2.05) is 26.2 Å². The molecule has 2 aromatic rings. The van der Waals surface area contributed by atoms with Crippen molar-refractivity contribution < 1.29 is 9.59 Å². The lowest BCUT2D eigenvalue weighted by Crippen LogP contribution is -2.34. The Morgan fingerprint density at radius 3 is 2.29 bits per heavy atom. The first kappa shape index (κ1) is 17.9. The summed E-state index contributed by atoms with van der Waals surface area (Å²) in [5.74, 6) is -0.0566. The van der Waals surface area contributed by atoms with E-state index in [1.54, 1.807) is 35.6 Å². The summed E-state index contributed by atoms with van der Waals surface area (Å²) in [6.07, 6.45) is 1.02. The van der Waals surface area contributed by atoms with Gasteiger partial charge in [-0.1, -0.05) is 0 Å². The quantitative estimate of drug-likeness (QED) is 0.748. The van der Waals surface area contributed by atoms with Gasteiger partial charge in [0, 0.05) is 29.2 Å². The van der Waals surface area contributed by atoms with E-state index >= 15 is 0 Å². The van der Waals surface area contributed by atoms with E-state index in [1.165, 1.54) is 0 Å². The van der Waals surface area contributed by atoms with Crippen molar-refractivity contribution in [2.24, 2.45) is 0 Å². The third-order valence-corrected chi connectivity index (χ3v) is 3.94. The number of carbonyl (C=O) groups is 2. The highest BCUT2D eigenvalue weighted by Gasteiger charge is 2.06. The standard InChI is InChI=1S/C17H22N4O2S/c1-11(2)18-17(23)21-14-6-4-13(5-7-14)20-16(22)9-8-15-10-24-12(3)19-15/h4-7,10-11H,8-9H2,1-3H3,(H,20,22)(H2,18,21,23). The van der Waals surface area contributed by atoms with Crippen molar-refractivity contribution in [3.63, 3.8) is 0 Å². The van der Waals surface area contributed by atoms with E-state index < -0.39 is 0 Å². The number of hydrogen-bond acceptors (Lipinski definition) is 4. The second-order valence-corrected chi connectivity index (χ2v) is 6.80. The van der Waals surface area contributed by atoms with Gasteiger partial charge in [0.15, 0.2) is 0 Å². The molecule has 1 aromatic heterocycles. The average molecular weight is 346 g/mol. The van der Waals surface area contributed by atoms with Gasteiger partial charge in [-0.05, 0) is 51.5 Å². The summed E-state index contributed by atoms with van der Waals surface area (Å²) in [6.45, 7) is 5.74. The van der Waals surface area contributed by atoms with E-state index in [0.29, 0.717) is 24.2 Å². The second-order valence-electron chi connectivity index (χ2n) is 5.74. The van der Waals surface area contributed by atoms with Crippen molar-refractivity contribution >= 4 is 34.6 Å². The number of aryl methyl sites for hydroxylation is 2. The van der Waals surface area contributed by atoms with Gasteiger partial charge in [0.05, 0.1) is 10.7 Å². The molecule has 6 nitrogen and oxygen atoms in total. The molecule has 0 atom stereocenters. The highest BCUT2D eigenvalue weighted by atomic mass is 32.1. The molecule has 0 aliphatic rings. The number of carbonyl (C=O) groups excluding carboxylic acids is 2. The summed E-state index contributed by atoms with van der Waals surface area (Å²) in [5.41, 5.74) is 2.32. The topological polar surface area (TPSA) is 83.1 Å². The number of thiazole rings is 1. The number of urea groups is 1. The number of rotatable bonds is 6. The van der Waals surface area contributed by atoms with Gasteiger partial charge in [0.25, 0.3) is 0 Å². The van der Waals surface area contributed by atoms with Gasteiger partial charge >= 0.3 is 6.03 Å². The van der Waals surface area contributed by atoms with E-state index in [0.717, 1.165) is 10.7 Å². The van der Waals surface area contributed by atoms with Crippen molar-refractivity contribution in [2.45, 2.75) is 39.7 Å². The third kappa shape index (κ3) is 6.00. The van der Waals surface area contributed by atoms with Crippen LogP contribution in [0.15, 0.2) is 29.6 Å². The van der Waals surface area contributed by atoms with Gasteiger partial charge in [-0.2, -0.15) is 0 Å². The van der Waals surface area contributed by atoms with Gasteiger partial charge < -0.3 is 16.0 Å². The fourth-order valence-electron chi connectivity index (χ4n) is 2.05. The Bertz CT molecular complexity index is 695. The molecule has 3 N–H and O–H groups in total. The molecule has 0 fully saturated rings. The summed E-state index contributed by atoms with van der Waals surface area (Å²) < 4.78 is 0. The van der Waals surface area contributed by atoms with Crippen LogP contribution in [0.2, 0.25) is 0 Å². The van der Waals surface area contributed by atoms with Crippen molar-refractivity contribution in [1.82, 2.24) is 10.3 Å². The minimum absolute atomic E-state index is 0.0566. The highest BCUT2D eigenvalue weighted by molar-refractivity contribution is 7.09. The van der Waals surface area contributed by atoms with Crippen LogP contribution in [0.5, 0.6) is 0 Å². The number of anilines is 2. The van der Waals surface area contributed by atoms with Gasteiger partial charge in [0.2, 0.25) is 5.91 Å². The number of aromatic nitrogens is 1. The van der Waals surface area contributed by atoms with E-state index in [9.17, 15) is 9.59 Å². The van der Waals surface area contributed by atoms with Gasteiger partial charge in [0.1, 0.15) is 0 Å². The summed E-state index contributed by atoms with van der Waals surface area (Å²) in [6, 6.07) is 6.84. The molecule has 1 aromatic carbocycles. The molecular formula is C17H22N4O2S. The zero-order valence-corrected chi connectivity index (χ0v) is 14.9. The predicted molar refractivity (Wildman–Crippen MR) is 97.5 cm³/mol. The smallest absolute Gasteiger partial charge is 0.319 e. The molecule has 3 amide bonds. The molecule has 0 aliphatic heterocycles. The molecule has 0 unspecified atom stereocenters. The lowest BCUT2D eigenvalue weighted by molar-refractivity contribution is -0.116. The first-order valence-electron chi connectivity index (χ1n) is 7.81. The van der Waals surface area contributed by atoms with Crippen molar-refractivity contribution in [3.8, 4) is 0 Å². The molecule has 7 heteroatoms. The summed E-state index contributed by atoms with van der Waals surface area (Å²) in [4.78, 5) is 27.9. The normalized spacial score (nSPS) is 10.5. The highest BCUT2D eigenvalue weighted by Crippen LogP contribution is 2.15. The van der Waals surface area contributed by atoms with Crippen molar-refractivity contribution in [1.29, 1.82) is 0 Å². The van der Waals surface area contributed by atoms with Crippen LogP contribution in [0.25, 0.3) is 0 Å². The molecule has 0 aliphatic carbocycles. The maximum Gasteiger partial charge on any atom is 0.319 e. The van der Waals surface area contributed by atoms with Crippen LogP contribution in [0.1, 0.15) is 31.0 Å². The van der Waals surface area contributed by atoms with Crippen LogP contribution in [-0.4, -0.2) is 23.0 Å². The first-order chi connectivity index (χ1) is 11.4. The van der Waals surface area contributed by atoms with Gasteiger partial charge in [-0.15, -0.1) is 11.3 Å². The molecule has 2 rings (SSSR count). The Balaban J connectivity index is 1.80. The number of nitrogens with one attached hydrogen (secondary N) is 3. The minimum Gasteiger partial charge on any atom is -0.336 e. The summed E-state index contributed by atoms with van der Waals surface area (Å²) in [5, 5.41) is 11.3. The fourth-order valence-corrected chi connectivity index (χ4v) is 2.70. The Kier molecular flexibility index (Phi) is 6.31. The summed E-state index contributed by atoms with van der Waals surface area (Å²) >= 11 is 1.59. The van der Waals surface area contributed by atoms with Gasteiger partial charge in [-0.3, -0.25) is 4.79 Å². The van der Waals surface area contributed by atoms with Crippen LogP contribution in [-0.2, 0) is 11.2 Å². The maximum atomic E-state index is 12.0. The van der Waals surface area contributed by atoms with Crippen LogP contribution in [0.3, 0.4) is 0 Å². The molecule has 128 valence electrons. The monoisotopic (exact) mass is 346 g/mol. The Morgan fingerprint density at radius 1 is 1.12 bits per heavy atom. The Morgan fingerprint density at radius 2 is 1.75 bits per heavy atom. The van der Waals surface area contributed by atoms with Crippen molar-refractivity contribution in [2.75, 3.05) is 10.6 Å². The van der Waals surface area contributed by atoms with E-state index in [4.69, 9.17) is 0 Å². The average Bonchev–Trinajstić information content (AvgIpc) is 2.92. The van der Waals surface area contributed by atoms with Crippen LogP contribution in [0.4, 0.5) is 16.2 Å². The molecule has 0 spiro atoms. The zero-order valence-electron chi connectivity index (χ0n) is 14.1. The molecule has 0 bridgehead atoms. The summed E-state index contributed by atoms with van der Waals surface area (Å²) in [7, 11) is 0. The first-order valence-corrected chi connectivity index (χ1v) is 8.69. The second kappa shape index (κ2) is 8.44. The zero-order chi connectivity index (χ0) is 17.5. The third-order valence-electron chi connectivity index (χ3n) is 3.12. The minimum atomic E-state index is -0.250. The molecule has 1 heterocycles. The number of amides is 3. The van der Waals surface area contributed by atoms with Crippen molar-refractivity contribution in [3.05, 3.63) is 40.3 Å². The number of benzene rings is 1. The molecule has 0 radical (unpaired) electrons. The fraction of sp³-hybridized carbons (Fsp3) is 0.353. The Hall–Kier alpha value is -2.41. The molecular weight excluding hydrogens is 324 g/mol. The van der Waals surface area contributed by atoms with Crippen LogP contribution in [0, 0.1) is 6.92 Å². The predicted octanol–water partition coefficient (Wildman–Crippen LogP) is 3.55. The number of nitrogens with zero attached hydrogens (tertiary/aromatic N) is 1. The SMILES string of the molecule is Cc1nc(CCC(=O)Nc2ccc(NC(=O)NC(C)C)cc2)cs1. The van der Waals surface area contributed by atoms with Crippen LogP contribution < -0.4 is 16.0 Å². The van der Waals surface area contributed by atoms with Crippen LogP contribution >= 0.6 is 11.3 Å². The molecule has 24 heavy (non-hydrogen) atoms. The lowest BCUT2D eigenvalue weighted by atomic mass is 10.2.